The minimum absolute atomic E-state index is 0.179. The molecule has 0 aliphatic heterocycles. The summed E-state index contributed by atoms with van der Waals surface area (Å²) in [5, 5.41) is 2.89. The van der Waals surface area contributed by atoms with Gasteiger partial charge in [-0.25, -0.2) is 8.78 Å². The Labute approximate surface area is 124 Å². The second kappa shape index (κ2) is 5.67. The fraction of sp³-hybridized carbons (Fsp3) is 0.167. The molecule has 0 spiro atoms. The van der Waals surface area contributed by atoms with Crippen molar-refractivity contribution in [3.8, 4) is 0 Å². The number of nitrogens with one attached hydrogen (secondary N) is 1. The van der Waals surface area contributed by atoms with E-state index in [-0.39, 0.29) is 5.69 Å². The quantitative estimate of drug-likeness (QED) is 0.725. The van der Waals surface area contributed by atoms with Gasteiger partial charge in [0.15, 0.2) is 0 Å². The van der Waals surface area contributed by atoms with Gasteiger partial charge in [-0.05, 0) is 56.5 Å². The summed E-state index contributed by atoms with van der Waals surface area (Å²) in [5.41, 5.74) is 0.485. The Morgan fingerprint density at radius 3 is 2.50 bits per heavy atom. The van der Waals surface area contributed by atoms with Gasteiger partial charge in [0.2, 0.25) is 0 Å². The van der Waals surface area contributed by atoms with Gasteiger partial charge in [0.25, 0.3) is 0 Å². The molecule has 0 amide bonds. The largest absolute Gasteiger partial charge is 0.378 e. The molecule has 0 atom stereocenters. The number of hydrogen-bond donors (Lipinski definition) is 1. The molecule has 0 unspecified atom stereocenters. The number of anilines is 1. The number of aryl methyl sites for hydroxylation is 1. The Hall–Kier alpha value is -0.460. The molecule has 96 valence electrons. The van der Waals surface area contributed by atoms with Crippen LogP contribution < -0.4 is 5.32 Å². The zero-order chi connectivity index (χ0) is 13.3. The SMILES string of the molecule is Cc1cc(F)c(NCc2cc(Br)c(Br)s2)cc1F. The first-order valence-electron chi connectivity index (χ1n) is 5.10. The lowest BCUT2D eigenvalue weighted by Gasteiger charge is -2.07. The number of benzene rings is 1. The van der Waals surface area contributed by atoms with Crippen LogP contribution in [0, 0.1) is 18.6 Å². The minimum Gasteiger partial charge on any atom is -0.378 e. The molecule has 1 aromatic heterocycles. The maximum absolute atomic E-state index is 13.6. The summed E-state index contributed by atoms with van der Waals surface area (Å²) in [4.78, 5) is 1.02. The van der Waals surface area contributed by atoms with E-state index in [0.29, 0.717) is 12.1 Å². The zero-order valence-electron chi connectivity index (χ0n) is 9.36. The Balaban J connectivity index is 2.13. The number of rotatable bonds is 3. The molecular weight excluding hydrogens is 388 g/mol. The average Bonchev–Trinajstić information content (AvgIpc) is 2.62. The predicted molar refractivity (Wildman–Crippen MR) is 78.1 cm³/mol. The van der Waals surface area contributed by atoms with Crippen LogP contribution in [-0.4, -0.2) is 0 Å². The summed E-state index contributed by atoms with van der Waals surface area (Å²) in [6, 6.07) is 4.31. The summed E-state index contributed by atoms with van der Waals surface area (Å²) in [7, 11) is 0. The summed E-state index contributed by atoms with van der Waals surface area (Å²) in [6.45, 7) is 1.99. The number of hydrogen-bond acceptors (Lipinski definition) is 2. The number of halogens is 4. The van der Waals surface area contributed by atoms with E-state index in [1.807, 2.05) is 6.07 Å². The molecule has 6 heteroatoms. The lowest BCUT2D eigenvalue weighted by atomic mass is 10.2. The van der Waals surface area contributed by atoms with Crippen molar-refractivity contribution in [3.05, 3.63) is 48.5 Å². The first kappa shape index (κ1) is 14.0. The maximum atomic E-state index is 13.6. The van der Waals surface area contributed by atoms with Crippen LogP contribution in [0.1, 0.15) is 10.4 Å². The van der Waals surface area contributed by atoms with Crippen LogP contribution >= 0.6 is 43.2 Å². The van der Waals surface area contributed by atoms with Gasteiger partial charge in [-0.1, -0.05) is 0 Å². The van der Waals surface area contributed by atoms with E-state index in [0.717, 1.165) is 13.1 Å². The molecule has 2 rings (SSSR count). The summed E-state index contributed by atoms with van der Waals surface area (Å²) in [6.07, 6.45) is 0. The lowest BCUT2D eigenvalue weighted by molar-refractivity contribution is 0.594. The molecule has 0 fully saturated rings. The van der Waals surface area contributed by atoms with Crippen molar-refractivity contribution >= 4 is 48.9 Å². The highest BCUT2D eigenvalue weighted by molar-refractivity contribution is 9.13. The molecule has 0 bridgehead atoms. The number of thiophene rings is 1. The molecule has 0 aliphatic carbocycles. The van der Waals surface area contributed by atoms with E-state index < -0.39 is 11.6 Å². The van der Waals surface area contributed by atoms with Crippen LogP contribution in [0.4, 0.5) is 14.5 Å². The molecule has 0 aliphatic rings. The molecule has 1 nitrogen and oxygen atoms in total. The first-order chi connectivity index (χ1) is 8.47. The van der Waals surface area contributed by atoms with Crippen molar-refractivity contribution < 1.29 is 8.78 Å². The van der Waals surface area contributed by atoms with E-state index in [4.69, 9.17) is 0 Å². The molecule has 2 aromatic rings. The summed E-state index contributed by atoms with van der Waals surface area (Å²) >= 11 is 8.31. The molecule has 0 radical (unpaired) electrons. The standard InChI is InChI=1S/C12H9Br2F2NS/c1-6-2-10(16)11(4-9(6)15)17-5-7-3-8(13)12(14)18-7/h2-4,17H,5H2,1H3. The fourth-order valence-electron chi connectivity index (χ4n) is 1.44. The Kier molecular flexibility index (Phi) is 4.40. The van der Waals surface area contributed by atoms with Crippen LogP contribution in [0.15, 0.2) is 26.5 Å². The average molecular weight is 397 g/mol. The Bertz CT molecular complexity index is 564. The second-order valence-electron chi connectivity index (χ2n) is 3.77. The smallest absolute Gasteiger partial charge is 0.146 e. The van der Waals surface area contributed by atoms with Crippen LogP contribution in [0.2, 0.25) is 0 Å². The highest BCUT2D eigenvalue weighted by atomic mass is 79.9. The third-order valence-corrected chi connectivity index (χ3v) is 5.65. The van der Waals surface area contributed by atoms with E-state index in [1.54, 1.807) is 0 Å². The van der Waals surface area contributed by atoms with Gasteiger partial charge in [0, 0.05) is 22.0 Å². The summed E-state index contributed by atoms with van der Waals surface area (Å²) < 4.78 is 28.8. The monoisotopic (exact) mass is 395 g/mol. The van der Waals surface area contributed by atoms with Gasteiger partial charge in [-0.3, -0.25) is 0 Å². The first-order valence-corrected chi connectivity index (χ1v) is 7.51. The van der Waals surface area contributed by atoms with Crippen molar-refractivity contribution in [2.24, 2.45) is 0 Å². The minimum atomic E-state index is -0.441. The molecule has 0 saturated carbocycles. The predicted octanol–water partition coefficient (Wildman–Crippen LogP) is 5.47. The van der Waals surface area contributed by atoms with E-state index in [9.17, 15) is 8.78 Å². The molecule has 1 aromatic carbocycles. The third-order valence-electron chi connectivity index (χ3n) is 2.40. The third kappa shape index (κ3) is 3.10. The molecule has 18 heavy (non-hydrogen) atoms. The second-order valence-corrected chi connectivity index (χ2v) is 7.08. The Morgan fingerprint density at radius 2 is 1.89 bits per heavy atom. The topological polar surface area (TPSA) is 12.0 Å². The molecule has 0 saturated heterocycles. The summed E-state index contributed by atoms with van der Waals surface area (Å²) in [5.74, 6) is -0.851. The highest BCUT2D eigenvalue weighted by Gasteiger charge is 2.08. The van der Waals surface area contributed by atoms with Crippen molar-refractivity contribution in [2.45, 2.75) is 13.5 Å². The van der Waals surface area contributed by atoms with Crippen LogP contribution in [0.5, 0.6) is 0 Å². The van der Waals surface area contributed by atoms with Crippen LogP contribution in [0.25, 0.3) is 0 Å². The molecule has 1 heterocycles. The highest BCUT2D eigenvalue weighted by Crippen LogP contribution is 2.32. The van der Waals surface area contributed by atoms with Crippen molar-refractivity contribution in [2.75, 3.05) is 5.32 Å². The Morgan fingerprint density at radius 1 is 1.17 bits per heavy atom. The van der Waals surface area contributed by atoms with Gasteiger partial charge in [0.1, 0.15) is 11.6 Å². The van der Waals surface area contributed by atoms with Crippen molar-refractivity contribution in [3.63, 3.8) is 0 Å². The van der Waals surface area contributed by atoms with Gasteiger partial charge in [-0.15, -0.1) is 11.3 Å². The van der Waals surface area contributed by atoms with Gasteiger partial charge in [0.05, 0.1) is 9.47 Å². The van der Waals surface area contributed by atoms with Crippen molar-refractivity contribution in [1.29, 1.82) is 0 Å². The van der Waals surface area contributed by atoms with Gasteiger partial charge >= 0.3 is 0 Å². The molecule has 1 N–H and O–H groups in total. The zero-order valence-corrected chi connectivity index (χ0v) is 13.3. The fourth-order valence-corrected chi connectivity index (χ4v) is 3.56. The normalized spacial score (nSPS) is 10.7. The van der Waals surface area contributed by atoms with Gasteiger partial charge < -0.3 is 5.32 Å². The van der Waals surface area contributed by atoms with Gasteiger partial charge in [-0.2, -0.15) is 0 Å². The van der Waals surface area contributed by atoms with E-state index in [2.05, 4.69) is 37.2 Å². The van der Waals surface area contributed by atoms with Crippen LogP contribution in [0.3, 0.4) is 0 Å². The van der Waals surface area contributed by atoms with Crippen molar-refractivity contribution in [1.82, 2.24) is 0 Å². The lowest BCUT2D eigenvalue weighted by Crippen LogP contribution is -2.01. The molecular formula is C12H9Br2F2NS. The van der Waals surface area contributed by atoms with E-state index >= 15 is 0 Å². The maximum Gasteiger partial charge on any atom is 0.146 e. The van der Waals surface area contributed by atoms with E-state index in [1.165, 1.54) is 30.4 Å². The van der Waals surface area contributed by atoms with Crippen LogP contribution in [-0.2, 0) is 6.54 Å².